The van der Waals surface area contributed by atoms with Crippen molar-refractivity contribution >= 4 is 17.1 Å². The van der Waals surface area contributed by atoms with Gasteiger partial charge in [0, 0.05) is 30.6 Å². The van der Waals surface area contributed by atoms with E-state index in [-0.39, 0.29) is 30.3 Å². The molecule has 1 aliphatic carbocycles. The average molecular weight is 535 g/mol. The van der Waals surface area contributed by atoms with Crippen LogP contribution in [-0.4, -0.2) is 60.8 Å². The Hall–Kier alpha value is -3.01. The molecule has 1 saturated heterocycles. The first-order valence-corrected chi connectivity index (χ1v) is 13.8. The van der Waals surface area contributed by atoms with Crippen LogP contribution in [0.15, 0.2) is 36.8 Å². The monoisotopic (exact) mass is 534 g/mol. The minimum absolute atomic E-state index is 0.0546. The third-order valence-corrected chi connectivity index (χ3v) is 8.23. The number of aromatic nitrogens is 3. The summed E-state index contributed by atoms with van der Waals surface area (Å²) in [6.45, 7) is 12.4. The molecule has 39 heavy (non-hydrogen) atoms. The molecule has 3 aliphatic rings. The van der Waals surface area contributed by atoms with Crippen molar-refractivity contribution in [2.24, 2.45) is 5.92 Å². The molecule has 0 bridgehead atoms. The summed E-state index contributed by atoms with van der Waals surface area (Å²) in [5.41, 5.74) is 4.22. The number of aliphatic hydroxyl groups excluding tert-OH is 1. The van der Waals surface area contributed by atoms with Crippen molar-refractivity contribution in [3.8, 4) is 0 Å². The van der Waals surface area contributed by atoms with Crippen LogP contribution in [0.3, 0.4) is 0 Å². The van der Waals surface area contributed by atoms with Gasteiger partial charge in [0.05, 0.1) is 23.9 Å². The lowest BCUT2D eigenvalue weighted by Crippen LogP contribution is -2.40. The largest absolute Gasteiger partial charge is 0.444 e. The fourth-order valence-electron chi connectivity index (χ4n) is 6.54. The maximum atomic E-state index is 12.9. The van der Waals surface area contributed by atoms with E-state index in [1.807, 2.05) is 65.9 Å². The fraction of sp³-hybridized carbons (Fsp3) is 0.567. The molecule has 9 heteroatoms. The van der Waals surface area contributed by atoms with Gasteiger partial charge in [-0.2, -0.15) is 0 Å². The molecule has 5 atom stereocenters. The van der Waals surface area contributed by atoms with Crippen LogP contribution in [0.1, 0.15) is 75.6 Å². The molecule has 1 amide bonds. The lowest BCUT2D eigenvalue weighted by Gasteiger charge is -2.34. The van der Waals surface area contributed by atoms with Crippen LogP contribution < -0.4 is 0 Å². The topological polar surface area (TPSA) is 98.9 Å². The van der Waals surface area contributed by atoms with Crippen molar-refractivity contribution in [2.75, 3.05) is 6.54 Å². The van der Waals surface area contributed by atoms with E-state index < -0.39 is 17.5 Å². The SMILES string of the molecule is Cc1ncnc2c1ccn2[C@@H]1C[C@H](C(O)c2cccc3c2CN(C(=O)OC(C)(C)C)CC3)[C@H]2OC(C)(C)O[C@H]21. The number of aryl methyl sites for hydroxylation is 1. The summed E-state index contributed by atoms with van der Waals surface area (Å²) < 4.78 is 20.7. The Balaban J connectivity index is 1.32. The van der Waals surface area contributed by atoms with Crippen LogP contribution in [-0.2, 0) is 27.2 Å². The lowest BCUT2D eigenvalue weighted by molar-refractivity contribution is -0.165. The van der Waals surface area contributed by atoms with Crippen LogP contribution in [0, 0.1) is 12.8 Å². The summed E-state index contributed by atoms with van der Waals surface area (Å²) in [7, 11) is 0. The maximum Gasteiger partial charge on any atom is 0.410 e. The smallest absolute Gasteiger partial charge is 0.410 e. The van der Waals surface area contributed by atoms with Gasteiger partial charge >= 0.3 is 6.09 Å². The number of hydrogen-bond acceptors (Lipinski definition) is 7. The van der Waals surface area contributed by atoms with Gasteiger partial charge < -0.3 is 28.8 Å². The van der Waals surface area contributed by atoms with Gasteiger partial charge in [0.15, 0.2) is 5.79 Å². The van der Waals surface area contributed by atoms with Gasteiger partial charge in [-0.1, -0.05) is 18.2 Å². The molecule has 3 aromatic rings. The fourth-order valence-corrected chi connectivity index (χ4v) is 6.54. The van der Waals surface area contributed by atoms with Gasteiger partial charge in [-0.3, -0.25) is 0 Å². The number of benzene rings is 1. The number of nitrogens with zero attached hydrogens (tertiary/aromatic N) is 4. The normalized spacial score (nSPS) is 26.9. The molecule has 2 aromatic heterocycles. The van der Waals surface area contributed by atoms with Crippen molar-refractivity contribution < 1.29 is 24.1 Å². The molecular weight excluding hydrogens is 496 g/mol. The van der Waals surface area contributed by atoms with E-state index in [0.29, 0.717) is 19.5 Å². The second-order valence-electron chi connectivity index (χ2n) is 12.5. The molecule has 2 fully saturated rings. The van der Waals surface area contributed by atoms with Crippen molar-refractivity contribution in [3.63, 3.8) is 0 Å². The lowest BCUT2D eigenvalue weighted by atomic mass is 9.86. The summed E-state index contributed by atoms with van der Waals surface area (Å²) in [5.74, 6) is -0.964. The number of carbonyl (C=O) groups is 1. The second kappa shape index (κ2) is 9.28. The van der Waals surface area contributed by atoms with Crippen LogP contribution in [0.4, 0.5) is 4.79 Å². The van der Waals surface area contributed by atoms with E-state index in [9.17, 15) is 9.90 Å². The first kappa shape index (κ1) is 26.2. The maximum absolute atomic E-state index is 12.9. The highest BCUT2D eigenvalue weighted by Crippen LogP contribution is 2.52. The third-order valence-electron chi connectivity index (χ3n) is 8.23. The quantitative estimate of drug-likeness (QED) is 0.513. The van der Waals surface area contributed by atoms with Crippen molar-refractivity contribution in [1.29, 1.82) is 0 Å². The van der Waals surface area contributed by atoms with Gasteiger partial charge in [-0.15, -0.1) is 0 Å². The highest BCUT2D eigenvalue weighted by atomic mass is 16.8. The second-order valence-corrected chi connectivity index (χ2v) is 12.5. The first-order chi connectivity index (χ1) is 18.4. The Morgan fingerprint density at radius 1 is 1.18 bits per heavy atom. The third kappa shape index (κ3) is 4.70. The van der Waals surface area contributed by atoms with Crippen molar-refractivity contribution in [1.82, 2.24) is 19.4 Å². The number of carbonyl (C=O) groups excluding carboxylic acids is 1. The van der Waals surface area contributed by atoms with Crippen LogP contribution in [0.5, 0.6) is 0 Å². The highest BCUT2D eigenvalue weighted by molar-refractivity contribution is 5.78. The van der Waals surface area contributed by atoms with E-state index in [1.165, 1.54) is 0 Å². The predicted molar refractivity (Wildman–Crippen MR) is 145 cm³/mol. The van der Waals surface area contributed by atoms with Gasteiger partial charge in [-0.05, 0) is 77.1 Å². The minimum atomic E-state index is -0.785. The molecule has 9 nitrogen and oxygen atoms in total. The summed E-state index contributed by atoms with van der Waals surface area (Å²) in [6.07, 6.45) is 3.38. The molecule has 1 aromatic carbocycles. The summed E-state index contributed by atoms with van der Waals surface area (Å²) in [5, 5.41) is 13.0. The van der Waals surface area contributed by atoms with E-state index in [2.05, 4.69) is 20.6 Å². The summed E-state index contributed by atoms with van der Waals surface area (Å²) >= 11 is 0. The first-order valence-electron chi connectivity index (χ1n) is 13.8. The molecule has 4 heterocycles. The number of fused-ring (bicyclic) bond motifs is 3. The molecule has 6 rings (SSSR count). The van der Waals surface area contributed by atoms with Crippen molar-refractivity contribution in [3.05, 3.63) is 59.2 Å². The minimum Gasteiger partial charge on any atom is -0.444 e. The van der Waals surface area contributed by atoms with E-state index in [4.69, 9.17) is 14.2 Å². The summed E-state index contributed by atoms with van der Waals surface area (Å²) in [6, 6.07) is 8.06. The van der Waals surface area contributed by atoms with Gasteiger partial charge in [-0.25, -0.2) is 14.8 Å². The number of amides is 1. The van der Waals surface area contributed by atoms with Gasteiger partial charge in [0.1, 0.15) is 23.7 Å². The Bertz CT molecular complexity index is 1410. The molecule has 1 N–H and O–H groups in total. The molecule has 2 aliphatic heterocycles. The van der Waals surface area contributed by atoms with Gasteiger partial charge in [0.2, 0.25) is 0 Å². The summed E-state index contributed by atoms with van der Waals surface area (Å²) in [4.78, 5) is 23.5. The Labute approximate surface area is 229 Å². The molecule has 208 valence electrons. The van der Waals surface area contributed by atoms with E-state index in [1.54, 1.807) is 11.2 Å². The van der Waals surface area contributed by atoms with Crippen LogP contribution >= 0.6 is 0 Å². The molecule has 1 saturated carbocycles. The van der Waals surface area contributed by atoms with E-state index >= 15 is 0 Å². The zero-order chi connectivity index (χ0) is 27.7. The molecule has 0 spiro atoms. The number of rotatable bonds is 3. The van der Waals surface area contributed by atoms with Crippen LogP contribution in [0.25, 0.3) is 11.0 Å². The number of aliphatic hydroxyl groups is 1. The Morgan fingerprint density at radius 3 is 2.72 bits per heavy atom. The van der Waals surface area contributed by atoms with Crippen LogP contribution in [0.2, 0.25) is 0 Å². The standard InChI is InChI=1S/C30H38N4O5/c1-17-19-11-13-34(27(19)32-16-31-17)23-14-21(25-26(23)38-30(5,6)37-25)24(35)20-9-7-8-18-10-12-33(15-22(18)20)28(36)39-29(2,3)4/h7-9,11,13,16,21,23-26,35H,10,12,14-15H2,1-6H3/t21-,23-,24?,25-,26+/m1/s1. The number of ether oxygens (including phenoxy) is 3. The van der Waals surface area contributed by atoms with Gasteiger partial charge in [0.25, 0.3) is 0 Å². The molecule has 1 unspecified atom stereocenters. The van der Waals surface area contributed by atoms with Crippen molar-refractivity contribution in [2.45, 2.75) is 96.7 Å². The zero-order valence-electron chi connectivity index (χ0n) is 23.5. The molecular formula is C30H38N4O5. The predicted octanol–water partition coefficient (Wildman–Crippen LogP) is 4.85. The average Bonchev–Trinajstić information content (AvgIpc) is 3.53. The zero-order valence-corrected chi connectivity index (χ0v) is 23.5. The van der Waals surface area contributed by atoms with E-state index in [0.717, 1.165) is 39.8 Å². The Kier molecular flexibility index (Phi) is 6.24. The Morgan fingerprint density at radius 2 is 1.95 bits per heavy atom. The number of hydrogen-bond donors (Lipinski definition) is 1. The molecule has 0 radical (unpaired) electrons. The highest BCUT2D eigenvalue weighted by Gasteiger charge is 2.56.